The van der Waals surface area contributed by atoms with Gasteiger partial charge in [0.05, 0.1) is 0 Å². The van der Waals surface area contributed by atoms with E-state index in [9.17, 15) is 0 Å². The summed E-state index contributed by atoms with van der Waals surface area (Å²) in [5.74, 6) is 0. The van der Waals surface area contributed by atoms with E-state index in [1.165, 1.54) is 107 Å². The zero-order valence-corrected chi connectivity index (χ0v) is 17.8. The summed E-state index contributed by atoms with van der Waals surface area (Å²) in [5.41, 5.74) is 4.16. The van der Waals surface area contributed by atoms with Gasteiger partial charge < -0.3 is 0 Å². The Hall–Kier alpha value is -0.850. The molecule has 0 aliphatic rings. The minimum atomic E-state index is 1.03. The second kappa shape index (κ2) is 16.3. The number of aryl methyl sites for hydroxylation is 3. The molecule has 1 radical (unpaired) electrons. The SMILES string of the molecule is [CH2]CCCc1cc(CCCCCCCC)nc(CCCCCCCC)c1. The first-order chi connectivity index (χ1) is 12.8. The molecule has 0 aliphatic carbocycles. The largest absolute Gasteiger partial charge is 0.258 e. The molecule has 0 unspecified atom stereocenters. The monoisotopic (exact) mass is 358 g/mol. The van der Waals surface area contributed by atoms with Crippen molar-refractivity contribution >= 4 is 0 Å². The molecule has 149 valence electrons. The molecule has 0 aliphatic heterocycles. The van der Waals surface area contributed by atoms with E-state index in [-0.39, 0.29) is 0 Å². The van der Waals surface area contributed by atoms with Crippen molar-refractivity contribution in [1.82, 2.24) is 4.98 Å². The Balaban J connectivity index is 2.45. The lowest BCUT2D eigenvalue weighted by atomic mass is 10.0. The molecule has 0 spiro atoms. The number of rotatable bonds is 17. The summed E-state index contributed by atoms with van der Waals surface area (Å²) >= 11 is 0. The summed E-state index contributed by atoms with van der Waals surface area (Å²) in [5, 5.41) is 0. The fourth-order valence-electron chi connectivity index (χ4n) is 3.62. The Morgan fingerprint density at radius 1 is 0.615 bits per heavy atom. The molecular weight excluding hydrogens is 314 g/mol. The van der Waals surface area contributed by atoms with Crippen LogP contribution < -0.4 is 0 Å². The third-order valence-electron chi connectivity index (χ3n) is 5.28. The highest BCUT2D eigenvalue weighted by atomic mass is 14.7. The molecule has 1 heteroatoms. The van der Waals surface area contributed by atoms with Crippen LogP contribution in [0.4, 0.5) is 0 Å². The average molecular weight is 359 g/mol. The number of pyridine rings is 1. The van der Waals surface area contributed by atoms with Gasteiger partial charge in [0.1, 0.15) is 0 Å². The van der Waals surface area contributed by atoms with E-state index < -0.39 is 0 Å². The van der Waals surface area contributed by atoms with Gasteiger partial charge in [-0.1, -0.05) is 91.4 Å². The molecule has 1 nitrogen and oxygen atoms in total. The maximum atomic E-state index is 4.99. The van der Waals surface area contributed by atoms with Gasteiger partial charge in [0.2, 0.25) is 0 Å². The number of aromatic nitrogens is 1. The first-order valence-electron chi connectivity index (χ1n) is 11.6. The number of nitrogens with zero attached hydrogens (tertiary/aromatic N) is 1. The molecule has 0 bridgehead atoms. The molecule has 0 atom stereocenters. The molecular formula is C25H44N. The Kier molecular flexibility index (Phi) is 14.6. The summed E-state index contributed by atoms with van der Waals surface area (Å²) in [6, 6.07) is 4.74. The summed E-state index contributed by atoms with van der Waals surface area (Å²) < 4.78 is 0. The van der Waals surface area contributed by atoms with Gasteiger partial charge >= 0.3 is 0 Å². The van der Waals surface area contributed by atoms with Crippen LogP contribution in [0.5, 0.6) is 0 Å². The van der Waals surface area contributed by atoms with E-state index in [4.69, 9.17) is 4.98 Å². The van der Waals surface area contributed by atoms with E-state index in [0.717, 1.165) is 19.3 Å². The molecule has 0 saturated carbocycles. The van der Waals surface area contributed by atoms with E-state index in [1.807, 2.05) is 0 Å². The van der Waals surface area contributed by atoms with Crippen LogP contribution in [0.15, 0.2) is 12.1 Å². The summed E-state index contributed by atoms with van der Waals surface area (Å²) in [6.45, 7) is 8.57. The number of hydrogen-bond donors (Lipinski definition) is 0. The van der Waals surface area contributed by atoms with Gasteiger partial charge in [-0.2, -0.15) is 0 Å². The lowest BCUT2D eigenvalue weighted by Crippen LogP contribution is -2.00. The predicted molar refractivity (Wildman–Crippen MR) is 117 cm³/mol. The molecule has 0 fully saturated rings. The lowest BCUT2D eigenvalue weighted by Gasteiger charge is -2.10. The molecule has 1 aromatic rings. The van der Waals surface area contributed by atoms with Gasteiger partial charge in [0.25, 0.3) is 0 Å². The third kappa shape index (κ3) is 11.7. The van der Waals surface area contributed by atoms with Crippen molar-refractivity contribution in [2.45, 2.75) is 123 Å². The van der Waals surface area contributed by atoms with Crippen LogP contribution in [-0.4, -0.2) is 4.98 Å². The first kappa shape index (κ1) is 23.2. The fraction of sp³-hybridized carbons (Fsp3) is 0.760. The maximum absolute atomic E-state index is 4.99. The highest BCUT2D eigenvalue weighted by molar-refractivity contribution is 5.22. The lowest BCUT2D eigenvalue weighted by molar-refractivity contribution is 0.598. The summed E-state index contributed by atoms with van der Waals surface area (Å²) in [4.78, 5) is 4.99. The van der Waals surface area contributed by atoms with Crippen molar-refractivity contribution in [2.75, 3.05) is 0 Å². The average Bonchev–Trinajstić information content (AvgIpc) is 2.65. The smallest absolute Gasteiger partial charge is 0.0409 e. The van der Waals surface area contributed by atoms with Crippen LogP contribution in [0.2, 0.25) is 0 Å². The Morgan fingerprint density at radius 3 is 1.54 bits per heavy atom. The van der Waals surface area contributed by atoms with Crippen LogP contribution in [0.1, 0.15) is 121 Å². The van der Waals surface area contributed by atoms with Crippen LogP contribution in [-0.2, 0) is 19.3 Å². The van der Waals surface area contributed by atoms with Gasteiger partial charge in [-0.25, -0.2) is 0 Å². The zero-order valence-electron chi connectivity index (χ0n) is 17.8. The van der Waals surface area contributed by atoms with Crippen molar-refractivity contribution < 1.29 is 0 Å². The normalized spacial score (nSPS) is 11.2. The minimum absolute atomic E-state index is 1.03. The minimum Gasteiger partial charge on any atom is -0.258 e. The van der Waals surface area contributed by atoms with Gasteiger partial charge in [-0.3, -0.25) is 4.98 Å². The first-order valence-corrected chi connectivity index (χ1v) is 11.6. The van der Waals surface area contributed by atoms with Gasteiger partial charge in [0, 0.05) is 11.4 Å². The molecule has 1 rings (SSSR count). The molecule has 0 aromatic carbocycles. The van der Waals surface area contributed by atoms with Crippen LogP contribution >= 0.6 is 0 Å². The summed E-state index contributed by atoms with van der Waals surface area (Å²) in [6.07, 6.45) is 22.0. The number of hydrogen-bond acceptors (Lipinski definition) is 1. The Morgan fingerprint density at radius 2 is 1.08 bits per heavy atom. The van der Waals surface area contributed by atoms with E-state index >= 15 is 0 Å². The van der Waals surface area contributed by atoms with Crippen molar-refractivity contribution in [3.63, 3.8) is 0 Å². The van der Waals surface area contributed by atoms with Crippen molar-refractivity contribution in [2.24, 2.45) is 0 Å². The van der Waals surface area contributed by atoms with Gasteiger partial charge in [0.15, 0.2) is 0 Å². The second-order valence-electron chi connectivity index (χ2n) is 7.95. The summed E-state index contributed by atoms with van der Waals surface area (Å²) in [7, 11) is 0. The van der Waals surface area contributed by atoms with E-state index in [0.29, 0.717) is 0 Å². The second-order valence-corrected chi connectivity index (χ2v) is 7.95. The highest BCUT2D eigenvalue weighted by Gasteiger charge is 2.04. The van der Waals surface area contributed by atoms with E-state index in [1.54, 1.807) is 0 Å². The quantitative estimate of drug-likeness (QED) is 0.257. The maximum Gasteiger partial charge on any atom is 0.0409 e. The molecule has 26 heavy (non-hydrogen) atoms. The fourth-order valence-corrected chi connectivity index (χ4v) is 3.62. The van der Waals surface area contributed by atoms with Crippen LogP contribution in [0.25, 0.3) is 0 Å². The topological polar surface area (TPSA) is 12.9 Å². The molecule has 0 N–H and O–H groups in total. The van der Waals surface area contributed by atoms with Gasteiger partial charge in [-0.05, 0) is 56.2 Å². The molecule has 0 amide bonds. The van der Waals surface area contributed by atoms with Crippen molar-refractivity contribution in [1.29, 1.82) is 0 Å². The standard InChI is InChI=1S/C25H44N/c1-4-7-10-12-14-16-19-24-21-23(18-9-6-3)22-25(26-24)20-17-15-13-11-8-5-2/h21-22H,3-20H2,1-2H3. The van der Waals surface area contributed by atoms with Crippen molar-refractivity contribution in [3.8, 4) is 0 Å². The highest BCUT2D eigenvalue weighted by Crippen LogP contribution is 2.16. The van der Waals surface area contributed by atoms with Gasteiger partial charge in [-0.15, -0.1) is 0 Å². The Bertz CT molecular complexity index is 404. The third-order valence-corrected chi connectivity index (χ3v) is 5.28. The number of unbranched alkanes of at least 4 members (excludes halogenated alkanes) is 11. The van der Waals surface area contributed by atoms with Crippen LogP contribution in [0.3, 0.4) is 0 Å². The molecule has 1 heterocycles. The molecule has 1 aromatic heterocycles. The molecule has 0 saturated heterocycles. The van der Waals surface area contributed by atoms with Crippen LogP contribution in [0, 0.1) is 6.92 Å². The Labute approximate surface area is 164 Å². The zero-order chi connectivity index (χ0) is 18.9. The van der Waals surface area contributed by atoms with Crippen molar-refractivity contribution in [3.05, 3.63) is 36.0 Å². The van der Waals surface area contributed by atoms with E-state index in [2.05, 4.69) is 32.9 Å². The predicted octanol–water partition coefficient (Wildman–Crippen LogP) is 8.04.